The molecule has 0 spiro atoms. The molecule has 2 heterocycles. The first-order chi connectivity index (χ1) is 9.95. The summed E-state index contributed by atoms with van der Waals surface area (Å²) in [6.45, 7) is -0.633. The molecule has 1 atom stereocenters. The van der Waals surface area contributed by atoms with Crippen molar-refractivity contribution < 1.29 is 29.3 Å². The van der Waals surface area contributed by atoms with Gasteiger partial charge in [-0.05, 0) is 11.4 Å². The van der Waals surface area contributed by atoms with Gasteiger partial charge in [0.25, 0.3) is 0 Å². The number of carboxylic acids is 1. The first kappa shape index (κ1) is 15.7. The maximum Gasteiger partial charge on any atom is 0.483 e. The van der Waals surface area contributed by atoms with Gasteiger partial charge < -0.3 is 10.1 Å². The van der Waals surface area contributed by atoms with Crippen LogP contribution >= 0.6 is 11.3 Å². The highest BCUT2D eigenvalue weighted by atomic mass is 32.1. The number of ketones is 1. The van der Waals surface area contributed by atoms with Crippen LogP contribution in [0.2, 0.25) is 5.82 Å². The summed E-state index contributed by atoms with van der Waals surface area (Å²) in [5.74, 6) is -2.51. The molecule has 1 aromatic heterocycles. The van der Waals surface area contributed by atoms with Crippen molar-refractivity contribution in [1.82, 2.24) is 5.06 Å². The fourth-order valence-corrected chi connectivity index (χ4v) is 2.83. The molecule has 0 radical (unpaired) electrons. The number of amides is 1. The minimum Gasteiger partial charge on any atom is -0.480 e. The van der Waals surface area contributed by atoms with Crippen LogP contribution in [0.5, 0.6) is 0 Å². The number of carbonyl (C=O) groups excluding carboxylic acids is 2. The van der Waals surface area contributed by atoms with E-state index in [9.17, 15) is 19.4 Å². The number of hydrogen-bond donors (Lipinski definition) is 2. The predicted octanol–water partition coefficient (Wildman–Crippen LogP) is 0.349. The number of nitrogens with zero attached hydrogens (tertiary/aromatic N) is 1. The van der Waals surface area contributed by atoms with Crippen LogP contribution in [0.4, 0.5) is 0 Å². The normalized spacial score (nSPS) is 18.9. The van der Waals surface area contributed by atoms with Crippen LogP contribution < -0.4 is 0 Å². The second-order valence-electron chi connectivity index (χ2n) is 4.78. The Morgan fingerprint density at radius 3 is 2.90 bits per heavy atom. The van der Waals surface area contributed by atoms with Crippen molar-refractivity contribution >= 4 is 36.1 Å². The summed E-state index contributed by atoms with van der Waals surface area (Å²) in [6.07, 6.45) is 0.171. The van der Waals surface area contributed by atoms with E-state index in [1.807, 2.05) is 17.5 Å². The number of hydrogen-bond acceptors (Lipinski definition) is 6. The maximum atomic E-state index is 11.9. The van der Waals surface area contributed by atoms with Crippen LogP contribution in [0.15, 0.2) is 17.5 Å². The van der Waals surface area contributed by atoms with Crippen molar-refractivity contribution in [3.63, 3.8) is 0 Å². The molecular formula is C12H14BNO6S. The fraction of sp³-hybridized carbons (Fsp3) is 0.417. The van der Waals surface area contributed by atoms with Gasteiger partial charge in [-0.3, -0.25) is 19.1 Å². The monoisotopic (exact) mass is 311 g/mol. The molecule has 0 bridgehead atoms. The fourth-order valence-electron chi connectivity index (χ4n) is 2.10. The number of hydroxylamine groups is 2. The highest BCUT2D eigenvalue weighted by Crippen LogP contribution is 2.27. The van der Waals surface area contributed by atoms with Gasteiger partial charge >= 0.3 is 13.1 Å². The van der Waals surface area contributed by atoms with E-state index >= 15 is 0 Å². The van der Waals surface area contributed by atoms with E-state index in [1.165, 1.54) is 11.3 Å². The Morgan fingerprint density at radius 1 is 1.52 bits per heavy atom. The van der Waals surface area contributed by atoms with Gasteiger partial charge in [-0.1, -0.05) is 6.07 Å². The van der Waals surface area contributed by atoms with E-state index in [0.29, 0.717) is 5.06 Å². The van der Waals surface area contributed by atoms with E-state index in [4.69, 9.17) is 9.86 Å². The summed E-state index contributed by atoms with van der Waals surface area (Å²) in [4.78, 5) is 35.1. The molecule has 2 rings (SSSR count). The Balaban J connectivity index is 1.88. The van der Waals surface area contributed by atoms with Crippen LogP contribution in [0.25, 0.3) is 0 Å². The molecule has 7 nitrogen and oxygen atoms in total. The highest BCUT2D eigenvalue weighted by Gasteiger charge is 2.40. The molecule has 1 amide bonds. The molecule has 1 aromatic rings. The van der Waals surface area contributed by atoms with Crippen LogP contribution in [0.1, 0.15) is 17.7 Å². The summed E-state index contributed by atoms with van der Waals surface area (Å²) in [7, 11) is -1.35. The van der Waals surface area contributed by atoms with Crippen LogP contribution in [-0.4, -0.2) is 46.5 Å². The first-order valence-electron chi connectivity index (χ1n) is 6.37. The molecule has 1 fully saturated rings. The molecule has 1 saturated heterocycles. The lowest BCUT2D eigenvalue weighted by atomic mass is 9.66. The molecule has 0 saturated carbocycles. The molecule has 0 aromatic carbocycles. The van der Waals surface area contributed by atoms with E-state index in [-0.39, 0.29) is 25.0 Å². The van der Waals surface area contributed by atoms with Crippen LogP contribution in [0, 0.1) is 0 Å². The zero-order chi connectivity index (χ0) is 15.4. The second kappa shape index (κ2) is 6.84. The molecule has 1 aliphatic heterocycles. The Hall–Kier alpha value is -1.71. The number of carbonyl (C=O) groups is 3. The zero-order valence-electron chi connectivity index (χ0n) is 11.1. The lowest BCUT2D eigenvalue weighted by molar-refractivity contribution is -0.174. The summed E-state index contributed by atoms with van der Waals surface area (Å²) >= 11 is 1.47. The molecule has 112 valence electrons. The minimum atomic E-state index is -1.35. The Morgan fingerprint density at radius 2 is 2.29 bits per heavy atom. The Labute approximate surface area is 125 Å². The van der Waals surface area contributed by atoms with E-state index in [0.717, 1.165) is 4.88 Å². The SMILES string of the molecule is O=C(O)CN1OB(O)[C@@H](CC(=O)Cc2cccs2)CC1=O. The number of Topliss-reactive ketones (excluding diaryl/α,β-unsaturated/α-hetero) is 1. The summed E-state index contributed by atoms with van der Waals surface area (Å²) in [5, 5.41) is 20.9. The number of thiophene rings is 1. The van der Waals surface area contributed by atoms with Gasteiger partial charge in [-0.2, -0.15) is 0 Å². The summed E-state index contributed by atoms with van der Waals surface area (Å²) < 4.78 is 4.87. The molecular weight excluding hydrogens is 297 g/mol. The lowest BCUT2D eigenvalue weighted by Gasteiger charge is -2.31. The smallest absolute Gasteiger partial charge is 0.480 e. The van der Waals surface area contributed by atoms with Crippen molar-refractivity contribution in [3.05, 3.63) is 22.4 Å². The standard InChI is InChI=1S/C12H14BNO6S/c15-9(6-10-2-1-3-21-10)4-8-5-11(16)14(7-12(17)18)20-13(8)19/h1-3,8,19H,4-7H2,(H,17,18)/t8-/m0/s1. The zero-order valence-corrected chi connectivity index (χ0v) is 11.9. The molecule has 1 aliphatic rings. The van der Waals surface area contributed by atoms with E-state index in [2.05, 4.69) is 0 Å². The lowest BCUT2D eigenvalue weighted by Crippen LogP contribution is -2.48. The van der Waals surface area contributed by atoms with Gasteiger partial charge in [-0.25, -0.2) is 5.06 Å². The van der Waals surface area contributed by atoms with Crippen molar-refractivity contribution in [2.24, 2.45) is 0 Å². The van der Waals surface area contributed by atoms with Gasteiger partial charge in [0.05, 0.1) is 0 Å². The average Bonchev–Trinajstić information content (AvgIpc) is 2.87. The molecule has 0 unspecified atom stereocenters. The van der Waals surface area contributed by atoms with Crippen molar-refractivity contribution in [1.29, 1.82) is 0 Å². The topological polar surface area (TPSA) is 104 Å². The third-order valence-corrected chi connectivity index (χ3v) is 3.95. The highest BCUT2D eigenvalue weighted by molar-refractivity contribution is 7.10. The van der Waals surface area contributed by atoms with E-state index in [1.54, 1.807) is 0 Å². The van der Waals surface area contributed by atoms with Gasteiger partial charge in [0.1, 0.15) is 12.3 Å². The largest absolute Gasteiger partial charge is 0.483 e. The van der Waals surface area contributed by atoms with Crippen molar-refractivity contribution in [3.8, 4) is 0 Å². The molecule has 2 N–H and O–H groups in total. The van der Waals surface area contributed by atoms with Crippen molar-refractivity contribution in [2.45, 2.75) is 25.1 Å². The first-order valence-corrected chi connectivity index (χ1v) is 7.24. The average molecular weight is 311 g/mol. The number of rotatable bonds is 6. The Kier molecular flexibility index (Phi) is 5.10. The van der Waals surface area contributed by atoms with Gasteiger partial charge in [0.15, 0.2) is 0 Å². The molecule has 9 heteroatoms. The van der Waals surface area contributed by atoms with Gasteiger partial charge in [-0.15, -0.1) is 11.3 Å². The van der Waals surface area contributed by atoms with Crippen LogP contribution in [-0.2, 0) is 25.6 Å². The summed E-state index contributed by atoms with van der Waals surface area (Å²) in [6, 6.07) is 3.69. The quantitative estimate of drug-likeness (QED) is 0.735. The predicted molar refractivity (Wildman–Crippen MR) is 74.4 cm³/mol. The Bertz CT molecular complexity index is 534. The van der Waals surface area contributed by atoms with E-state index < -0.39 is 31.4 Å². The second-order valence-corrected chi connectivity index (χ2v) is 5.82. The maximum absolute atomic E-state index is 11.9. The molecule has 21 heavy (non-hydrogen) atoms. The van der Waals surface area contributed by atoms with Gasteiger partial charge in [0, 0.05) is 30.0 Å². The summed E-state index contributed by atoms with van der Waals surface area (Å²) in [5.41, 5.74) is 0. The third-order valence-electron chi connectivity index (χ3n) is 3.07. The number of carboxylic acid groups (broad SMARTS) is 1. The third kappa shape index (κ3) is 4.38. The number of aliphatic carboxylic acids is 1. The van der Waals surface area contributed by atoms with Gasteiger partial charge in [0.2, 0.25) is 5.91 Å². The van der Waals surface area contributed by atoms with Crippen molar-refractivity contribution in [2.75, 3.05) is 6.54 Å². The molecule has 0 aliphatic carbocycles. The van der Waals surface area contributed by atoms with Crippen LogP contribution in [0.3, 0.4) is 0 Å². The minimum absolute atomic E-state index is 0.0196.